The van der Waals surface area contributed by atoms with Gasteiger partial charge in [-0.15, -0.1) is 0 Å². The summed E-state index contributed by atoms with van der Waals surface area (Å²) >= 11 is 0. The van der Waals surface area contributed by atoms with Crippen LogP contribution in [-0.2, 0) is 0 Å². The third kappa shape index (κ3) is 5.61. The zero-order valence-corrected chi connectivity index (χ0v) is 14.4. The Kier molecular flexibility index (Phi) is 7.15. The first kappa shape index (κ1) is 17.9. The van der Waals surface area contributed by atoms with Crippen LogP contribution in [0.15, 0.2) is 58.8 Å². The van der Waals surface area contributed by atoms with Crippen LogP contribution in [-0.4, -0.2) is 12.4 Å². The number of hydrogen-bond donors (Lipinski definition) is 0. The summed E-state index contributed by atoms with van der Waals surface area (Å²) in [5, 5.41) is 8.40. The van der Waals surface area contributed by atoms with Crippen LogP contribution in [0.3, 0.4) is 0 Å². The summed E-state index contributed by atoms with van der Waals surface area (Å²) in [5.41, 5.74) is 2.23. The molecule has 0 aliphatic heterocycles. The van der Waals surface area contributed by atoms with Crippen molar-refractivity contribution in [2.45, 2.75) is 39.5 Å². The van der Waals surface area contributed by atoms with Crippen LogP contribution in [0.5, 0.6) is 5.75 Å². The number of azo groups is 1. The van der Waals surface area contributed by atoms with Crippen molar-refractivity contribution in [2.75, 3.05) is 6.61 Å². The fraction of sp³-hybridized carbons (Fsp3) is 0.350. The standard InChI is InChI=1S/C20H24N2O2/c1-3-5-6-7-20(23)16-8-10-17(11-9-16)21-22-18-12-14-19(15-13-18)24-4-2/h8-15H,3-7H2,1-2H3. The first-order valence-corrected chi connectivity index (χ1v) is 8.50. The van der Waals surface area contributed by atoms with Crippen LogP contribution in [0.1, 0.15) is 49.9 Å². The molecule has 0 saturated heterocycles. The first-order valence-electron chi connectivity index (χ1n) is 8.50. The molecule has 0 atom stereocenters. The lowest BCUT2D eigenvalue weighted by Crippen LogP contribution is -1.98. The molecule has 0 radical (unpaired) electrons. The number of rotatable bonds is 9. The Labute approximate surface area is 143 Å². The van der Waals surface area contributed by atoms with E-state index in [0.29, 0.717) is 13.0 Å². The zero-order chi connectivity index (χ0) is 17.2. The summed E-state index contributed by atoms with van der Waals surface area (Å²) < 4.78 is 5.39. The van der Waals surface area contributed by atoms with Crippen molar-refractivity contribution in [3.63, 3.8) is 0 Å². The van der Waals surface area contributed by atoms with Crippen LogP contribution in [0.2, 0.25) is 0 Å². The summed E-state index contributed by atoms with van der Waals surface area (Å²) in [7, 11) is 0. The van der Waals surface area contributed by atoms with Crippen LogP contribution < -0.4 is 4.74 Å². The van der Waals surface area contributed by atoms with Crippen molar-refractivity contribution in [2.24, 2.45) is 10.2 Å². The maximum Gasteiger partial charge on any atom is 0.162 e. The molecule has 24 heavy (non-hydrogen) atoms. The van der Waals surface area contributed by atoms with E-state index in [4.69, 9.17) is 4.74 Å². The maximum absolute atomic E-state index is 12.0. The van der Waals surface area contributed by atoms with E-state index in [0.717, 1.165) is 42.0 Å². The summed E-state index contributed by atoms with van der Waals surface area (Å²) in [6.45, 7) is 4.73. The lowest BCUT2D eigenvalue weighted by atomic mass is 10.0. The number of ketones is 1. The molecule has 2 aromatic rings. The Morgan fingerprint density at radius 3 is 2.00 bits per heavy atom. The smallest absolute Gasteiger partial charge is 0.162 e. The van der Waals surface area contributed by atoms with Gasteiger partial charge in [-0.1, -0.05) is 19.8 Å². The minimum Gasteiger partial charge on any atom is -0.494 e. The van der Waals surface area contributed by atoms with Gasteiger partial charge in [-0.2, -0.15) is 10.2 Å². The van der Waals surface area contributed by atoms with Gasteiger partial charge >= 0.3 is 0 Å². The molecule has 0 fully saturated rings. The molecule has 0 spiro atoms. The van der Waals surface area contributed by atoms with Gasteiger partial charge in [0.2, 0.25) is 0 Å². The molecule has 0 heterocycles. The summed E-state index contributed by atoms with van der Waals surface area (Å²) in [6.07, 6.45) is 3.79. The fourth-order valence-electron chi connectivity index (χ4n) is 2.29. The second kappa shape index (κ2) is 9.60. The Balaban J connectivity index is 1.94. The minimum absolute atomic E-state index is 0.193. The van der Waals surface area contributed by atoms with E-state index >= 15 is 0 Å². The van der Waals surface area contributed by atoms with E-state index in [1.807, 2.05) is 55.5 Å². The number of benzene rings is 2. The molecule has 0 amide bonds. The van der Waals surface area contributed by atoms with E-state index < -0.39 is 0 Å². The first-order chi connectivity index (χ1) is 11.7. The number of unbranched alkanes of at least 4 members (excludes halogenated alkanes) is 2. The van der Waals surface area contributed by atoms with E-state index in [2.05, 4.69) is 17.2 Å². The molecule has 0 aliphatic rings. The van der Waals surface area contributed by atoms with E-state index in [9.17, 15) is 4.79 Å². The van der Waals surface area contributed by atoms with Crippen molar-refractivity contribution in [3.8, 4) is 5.75 Å². The highest BCUT2D eigenvalue weighted by atomic mass is 16.5. The fourth-order valence-corrected chi connectivity index (χ4v) is 2.29. The average molecular weight is 324 g/mol. The van der Waals surface area contributed by atoms with Gasteiger partial charge in [-0.05, 0) is 61.9 Å². The van der Waals surface area contributed by atoms with Crippen molar-refractivity contribution >= 4 is 17.2 Å². The monoisotopic (exact) mass is 324 g/mol. The molecule has 0 unspecified atom stereocenters. The summed E-state index contributed by atoms with van der Waals surface area (Å²) in [5.74, 6) is 1.01. The third-order valence-electron chi connectivity index (χ3n) is 3.63. The van der Waals surface area contributed by atoms with Crippen molar-refractivity contribution in [3.05, 3.63) is 54.1 Å². The number of ether oxygens (including phenoxy) is 1. The Morgan fingerprint density at radius 1 is 0.875 bits per heavy atom. The number of Topliss-reactive ketones (excluding diaryl/α,β-unsaturated/α-hetero) is 1. The van der Waals surface area contributed by atoms with Gasteiger partial charge in [0.1, 0.15) is 5.75 Å². The number of carbonyl (C=O) groups is 1. The average Bonchev–Trinajstić information content (AvgIpc) is 2.62. The SMILES string of the molecule is CCCCCC(=O)c1ccc(N=Nc2ccc(OCC)cc2)cc1. The highest BCUT2D eigenvalue weighted by Gasteiger charge is 2.05. The van der Waals surface area contributed by atoms with E-state index in [1.54, 1.807) is 0 Å². The topological polar surface area (TPSA) is 51.0 Å². The van der Waals surface area contributed by atoms with Crippen LogP contribution in [0, 0.1) is 0 Å². The lowest BCUT2D eigenvalue weighted by Gasteiger charge is -2.02. The van der Waals surface area contributed by atoms with Crippen molar-refractivity contribution < 1.29 is 9.53 Å². The zero-order valence-electron chi connectivity index (χ0n) is 14.4. The van der Waals surface area contributed by atoms with Crippen LogP contribution in [0.25, 0.3) is 0 Å². The predicted octanol–water partition coefficient (Wildman–Crippen LogP) is 6.26. The molecule has 0 aliphatic carbocycles. The molecule has 4 nitrogen and oxygen atoms in total. The molecule has 4 heteroatoms. The Morgan fingerprint density at radius 2 is 1.46 bits per heavy atom. The quantitative estimate of drug-likeness (QED) is 0.310. The largest absolute Gasteiger partial charge is 0.494 e. The molecule has 0 saturated carbocycles. The number of nitrogens with zero attached hydrogens (tertiary/aromatic N) is 2. The van der Waals surface area contributed by atoms with Gasteiger partial charge in [0.15, 0.2) is 5.78 Å². The molecule has 2 aromatic carbocycles. The van der Waals surface area contributed by atoms with Crippen molar-refractivity contribution in [1.29, 1.82) is 0 Å². The summed E-state index contributed by atoms with van der Waals surface area (Å²) in [4.78, 5) is 12.0. The Hall–Kier alpha value is -2.49. The maximum atomic E-state index is 12.0. The van der Waals surface area contributed by atoms with Gasteiger partial charge < -0.3 is 4.74 Å². The third-order valence-corrected chi connectivity index (χ3v) is 3.63. The van der Waals surface area contributed by atoms with Gasteiger partial charge in [0, 0.05) is 12.0 Å². The van der Waals surface area contributed by atoms with Gasteiger partial charge in [-0.3, -0.25) is 4.79 Å². The second-order valence-electron chi connectivity index (χ2n) is 5.55. The normalized spacial score (nSPS) is 10.9. The molecule has 2 rings (SSSR count). The van der Waals surface area contributed by atoms with Gasteiger partial charge in [-0.25, -0.2) is 0 Å². The molecule has 0 bridgehead atoms. The molecule has 126 valence electrons. The minimum atomic E-state index is 0.193. The molecule has 0 N–H and O–H groups in total. The predicted molar refractivity (Wildman–Crippen MR) is 96.7 cm³/mol. The van der Waals surface area contributed by atoms with Crippen molar-refractivity contribution in [1.82, 2.24) is 0 Å². The molecular weight excluding hydrogens is 300 g/mol. The van der Waals surface area contributed by atoms with E-state index in [1.165, 1.54) is 0 Å². The van der Waals surface area contributed by atoms with Gasteiger partial charge in [0.05, 0.1) is 18.0 Å². The summed E-state index contributed by atoms with van der Waals surface area (Å²) in [6, 6.07) is 14.8. The van der Waals surface area contributed by atoms with Crippen LogP contribution >= 0.6 is 0 Å². The van der Waals surface area contributed by atoms with E-state index in [-0.39, 0.29) is 5.78 Å². The molecule has 0 aromatic heterocycles. The Bertz CT molecular complexity index is 661. The number of carbonyl (C=O) groups excluding carboxylic acids is 1. The lowest BCUT2D eigenvalue weighted by molar-refractivity contribution is 0.0979. The molecular formula is C20H24N2O2. The van der Waals surface area contributed by atoms with Gasteiger partial charge in [0.25, 0.3) is 0 Å². The highest BCUT2D eigenvalue weighted by molar-refractivity contribution is 5.96. The number of hydrogen-bond acceptors (Lipinski definition) is 4. The second-order valence-corrected chi connectivity index (χ2v) is 5.55. The van der Waals surface area contributed by atoms with Crippen LogP contribution in [0.4, 0.5) is 11.4 Å². The highest BCUT2D eigenvalue weighted by Crippen LogP contribution is 2.22.